The summed E-state index contributed by atoms with van der Waals surface area (Å²) in [4.78, 5) is 16.8. The number of hydrogen-bond acceptors (Lipinski definition) is 9. The lowest BCUT2D eigenvalue weighted by atomic mass is 10.1. The van der Waals surface area contributed by atoms with Gasteiger partial charge in [-0.15, -0.1) is 0 Å². The van der Waals surface area contributed by atoms with E-state index in [0.29, 0.717) is 45.6 Å². The van der Waals surface area contributed by atoms with Gasteiger partial charge >= 0.3 is 5.97 Å². The third kappa shape index (κ3) is 4.20. The molecule has 0 aromatic heterocycles. The Bertz CT molecular complexity index is 1010. The summed E-state index contributed by atoms with van der Waals surface area (Å²) in [5, 5.41) is 0. The van der Waals surface area contributed by atoms with Crippen molar-refractivity contribution in [3.8, 4) is 34.5 Å². The number of esters is 1. The zero-order chi connectivity index (χ0) is 22.5. The Morgan fingerprint density at radius 3 is 1.58 bits per heavy atom. The first-order chi connectivity index (χ1) is 15.0. The van der Waals surface area contributed by atoms with Crippen LogP contribution in [0.3, 0.4) is 0 Å². The van der Waals surface area contributed by atoms with E-state index in [1.807, 2.05) is 0 Å². The van der Waals surface area contributed by atoms with Crippen molar-refractivity contribution in [2.24, 2.45) is 4.99 Å². The van der Waals surface area contributed by atoms with E-state index in [0.717, 1.165) is 0 Å². The second-order valence-electron chi connectivity index (χ2n) is 6.21. The van der Waals surface area contributed by atoms with Crippen molar-refractivity contribution in [3.63, 3.8) is 0 Å². The van der Waals surface area contributed by atoms with Crippen LogP contribution in [0.15, 0.2) is 35.0 Å². The maximum Gasteiger partial charge on any atom is 0.363 e. The molecule has 164 valence electrons. The smallest absolute Gasteiger partial charge is 0.363 e. The third-order valence-electron chi connectivity index (χ3n) is 4.52. The SMILES string of the molecule is COc1cc(/C=C2/N=C(c3cc(OC)c(OC)c(OC)c3)OC2=O)cc(OC)c1OC. The Kier molecular flexibility index (Phi) is 6.54. The molecule has 2 aromatic carbocycles. The number of ether oxygens (including phenoxy) is 7. The van der Waals surface area contributed by atoms with E-state index in [4.69, 9.17) is 33.2 Å². The average Bonchev–Trinajstić information content (AvgIpc) is 3.17. The highest BCUT2D eigenvalue weighted by Crippen LogP contribution is 2.40. The minimum absolute atomic E-state index is 0.109. The highest BCUT2D eigenvalue weighted by atomic mass is 16.6. The van der Waals surface area contributed by atoms with Crippen molar-refractivity contribution in [2.75, 3.05) is 42.7 Å². The number of cyclic esters (lactones) is 1. The molecule has 0 fully saturated rings. The molecular formula is C22H23NO8. The van der Waals surface area contributed by atoms with Crippen LogP contribution in [-0.4, -0.2) is 54.5 Å². The van der Waals surface area contributed by atoms with E-state index in [1.165, 1.54) is 42.7 Å². The largest absolute Gasteiger partial charge is 0.493 e. The van der Waals surface area contributed by atoms with Crippen molar-refractivity contribution in [3.05, 3.63) is 41.1 Å². The van der Waals surface area contributed by atoms with Gasteiger partial charge in [-0.1, -0.05) is 0 Å². The molecule has 0 N–H and O–H groups in total. The number of nitrogens with zero attached hydrogens (tertiary/aromatic N) is 1. The van der Waals surface area contributed by atoms with Crippen LogP contribution >= 0.6 is 0 Å². The Balaban J connectivity index is 2.04. The summed E-state index contributed by atoms with van der Waals surface area (Å²) in [6, 6.07) is 6.70. The molecule has 0 unspecified atom stereocenters. The molecule has 0 bridgehead atoms. The Hall–Kier alpha value is -3.88. The normalized spacial score (nSPS) is 14.1. The molecule has 1 heterocycles. The fourth-order valence-electron chi connectivity index (χ4n) is 3.08. The molecule has 0 radical (unpaired) electrons. The summed E-state index contributed by atoms with van der Waals surface area (Å²) >= 11 is 0. The van der Waals surface area contributed by atoms with Crippen molar-refractivity contribution < 1.29 is 38.0 Å². The van der Waals surface area contributed by atoms with Crippen molar-refractivity contribution >= 4 is 17.9 Å². The molecule has 3 rings (SSSR count). The van der Waals surface area contributed by atoms with Gasteiger partial charge in [-0.2, -0.15) is 0 Å². The summed E-state index contributed by atoms with van der Waals surface area (Å²) < 4.78 is 37.4. The summed E-state index contributed by atoms with van der Waals surface area (Å²) in [5.74, 6) is 2.12. The molecule has 0 aliphatic carbocycles. The van der Waals surface area contributed by atoms with Gasteiger partial charge in [-0.25, -0.2) is 9.79 Å². The third-order valence-corrected chi connectivity index (χ3v) is 4.52. The van der Waals surface area contributed by atoms with Crippen molar-refractivity contribution in [1.82, 2.24) is 0 Å². The fourth-order valence-corrected chi connectivity index (χ4v) is 3.08. The molecule has 0 saturated heterocycles. The average molecular weight is 429 g/mol. The van der Waals surface area contributed by atoms with Gasteiger partial charge in [0.1, 0.15) is 0 Å². The van der Waals surface area contributed by atoms with Crippen LogP contribution in [0.25, 0.3) is 6.08 Å². The minimum atomic E-state index is -0.600. The first kappa shape index (κ1) is 21.8. The van der Waals surface area contributed by atoms with Gasteiger partial charge in [-0.05, 0) is 35.9 Å². The molecule has 9 heteroatoms. The molecule has 1 aliphatic rings. The summed E-state index contributed by atoms with van der Waals surface area (Å²) in [5.41, 5.74) is 1.23. The first-order valence-corrected chi connectivity index (χ1v) is 9.12. The molecule has 9 nitrogen and oxygen atoms in total. The molecule has 0 spiro atoms. The van der Waals surface area contributed by atoms with Crippen LogP contribution in [-0.2, 0) is 9.53 Å². The summed E-state index contributed by atoms with van der Waals surface area (Å²) in [6.45, 7) is 0. The number of aliphatic imine (C=N–C) groups is 1. The highest BCUT2D eigenvalue weighted by Gasteiger charge is 2.27. The lowest BCUT2D eigenvalue weighted by molar-refractivity contribution is -0.129. The van der Waals surface area contributed by atoms with Crippen LogP contribution in [0, 0.1) is 0 Å². The zero-order valence-corrected chi connectivity index (χ0v) is 18.1. The molecule has 1 aliphatic heterocycles. The number of hydrogen-bond donors (Lipinski definition) is 0. The molecular weight excluding hydrogens is 406 g/mol. The van der Waals surface area contributed by atoms with Gasteiger partial charge in [0.15, 0.2) is 28.7 Å². The monoisotopic (exact) mass is 429 g/mol. The quantitative estimate of drug-likeness (QED) is 0.467. The predicted octanol–water partition coefficient (Wildman–Crippen LogP) is 3.08. The second-order valence-corrected chi connectivity index (χ2v) is 6.21. The lowest BCUT2D eigenvalue weighted by Crippen LogP contribution is -2.07. The van der Waals surface area contributed by atoms with E-state index in [9.17, 15) is 4.79 Å². The van der Waals surface area contributed by atoms with Gasteiger partial charge < -0.3 is 33.2 Å². The zero-order valence-electron chi connectivity index (χ0n) is 18.1. The maximum absolute atomic E-state index is 12.4. The Morgan fingerprint density at radius 2 is 1.16 bits per heavy atom. The number of carbonyl (C=O) groups is 1. The number of rotatable bonds is 8. The molecule has 2 aromatic rings. The standard InChI is InChI=1S/C22H23NO8/c1-25-15-8-12(9-16(26-2)19(15)29-5)7-14-22(24)31-21(23-14)13-10-17(27-3)20(30-6)18(11-13)28-4/h7-11H,1-6H3/b14-7+. The molecule has 0 saturated carbocycles. The van der Waals surface area contributed by atoms with E-state index in [1.54, 1.807) is 30.3 Å². The second kappa shape index (κ2) is 9.29. The van der Waals surface area contributed by atoms with Crippen LogP contribution in [0.1, 0.15) is 11.1 Å². The molecule has 31 heavy (non-hydrogen) atoms. The lowest BCUT2D eigenvalue weighted by Gasteiger charge is -2.13. The number of benzene rings is 2. The predicted molar refractivity (Wildman–Crippen MR) is 113 cm³/mol. The van der Waals surface area contributed by atoms with Crippen LogP contribution in [0.5, 0.6) is 34.5 Å². The Labute approximate surface area is 179 Å². The highest BCUT2D eigenvalue weighted by molar-refractivity contribution is 6.13. The molecule has 0 amide bonds. The van der Waals surface area contributed by atoms with Crippen LogP contribution in [0.2, 0.25) is 0 Å². The number of carbonyl (C=O) groups excluding carboxylic acids is 1. The van der Waals surface area contributed by atoms with E-state index >= 15 is 0 Å². The Morgan fingerprint density at radius 1 is 0.710 bits per heavy atom. The van der Waals surface area contributed by atoms with Crippen molar-refractivity contribution in [2.45, 2.75) is 0 Å². The van der Waals surface area contributed by atoms with Gasteiger partial charge in [0.05, 0.1) is 42.7 Å². The van der Waals surface area contributed by atoms with Gasteiger partial charge in [0.25, 0.3) is 0 Å². The molecule has 0 atom stereocenters. The van der Waals surface area contributed by atoms with Crippen molar-refractivity contribution in [1.29, 1.82) is 0 Å². The number of methoxy groups -OCH3 is 6. The summed E-state index contributed by atoms with van der Waals surface area (Å²) in [6.07, 6.45) is 1.57. The van der Waals surface area contributed by atoms with Gasteiger partial charge in [-0.3, -0.25) is 0 Å². The first-order valence-electron chi connectivity index (χ1n) is 9.12. The fraction of sp³-hybridized carbons (Fsp3) is 0.273. The van der Waals surface area contributed by atoms with Crippen LogP contribution in [0.4, 0.5) is 0 Å². The van der Waals surface area contributed by atoms with Gasteiger partial charge in [0.2, 0.25) is 17.4 Å². The minimum Gasteiger partial charge on any atom is -0.493 e. The maximum atomic E-state index is 12.4. The summed E-state index contributed by atoms with van der Waals surface area (Å²) in [7, 11) is 9.04. The van der Waals surface area contributed by atoms with Gasteiger partial charge in [0, 0.05) is 5.56 Å². The van der Waals surface area contributed by atoms with E-state index in [2.05, 4.69) is 4.99 Å². The van der Waals surface area contributed by atoms with E-state index < -0.39 is 5.97 Å². The van der Waals surface area contributed by atoms with E-state index in [-0.39, 0.29) is 11.6 Å². The topological polar surface area (TPSA) is 94.0 Å². The van der Waals surface area contributed by atoms with Crippen LogP contribution < -0.4 is 28.4 Å².